The molecule has 0 heterocycles. The number of hydrogen-bond acceptors (Lipinski definition) is 1. The van der Waals surface area contributed by atoms with Gasteiger partial charge in [0, 0.05) is 17.9 Å². The average molecular weight is 265 g/mol. The van der Waals surface area contributed by atoms with E-state index in [1.807, 2.05) is 24.3 Å². The number of ketones is 1. The van der Waals surface area contributed by atoms with Crippen molar-refractivity contribution in [3.05, 3.63) is 34.9 Å². The molecule has 98 valence electrons. The molecule has 18 heavy (non-hydrogen) atoms. The van der Waals surface area contributed by atoms with E-state index in [9.17, 15) is 4.79 Å². The number of carbonyl (C=O) groups excluding carboxylic acids is 1. The Kier molecular flexibility index (Phi) is 5.25. The van der Waals surface area contributed by atoms with Crippen LogP contribution in [0.1, 0.15) is 50.5 Å². The van der Waals surface area contributed by atoms with Crippen molar-refractivity contribution in [2.24, 2.45) is 5.92 Å². The van der Waals surface area contributed by atoms with Crippen molar-refractivity contribution in [2.75, 3.05) is 0 Å². The topological polar surface area (TPSA) is 17.1 Å². The van der Waals surface area contributed by atoms with Gasteiger partial charge in [0.1, 0.15) is 5.78 Å². The molecule has 0 radical (unpaired) electrons. The quantitative estimate of drug-likeness (QED) is 0.746. The molecule has 1 aromatic rings. The summed E-state index contributed by atoms with van der Waals surface area (Å²) in [5, 5.41) is 0.712. The summed E-state index contributed by atoms with van der Waals surface area (Å²) in [6, 6.07) is 7.64. The number of hydrogen-bond donors (Lipinski definition) is 0. The van der Waals surface area contributed by atoms with Crippen LogP contribution in [-0.4, -0.2) is 5.78 Å². The Hall–Kier alpha value is -0.820. The van der Waals surface area contributed by atoms with Crippen LogP contribution in [0.15, 0.2) is 24.3 Å². The fraction of sp³-hybridized carbons (Fsp3) is 0.562. The minimum Gasteiger partial charge on any atom is -0.299 e. The molecule has 0 spiro atoms. The molecule has 0 aliphatic heterocycles. The van der Waals surface area contributed by atoms with Crippen LogP contribution in [-0.2, 0) is 11.2 Å². The van der Waals surface area contributed by atoms with E-state index in [2.05, 4.69) is 0 Å². The Labute approximate surface area is 115 Å². The van der Waals surface area contributed by atoms with Crippen molar-refractivity contribution in [1.29, 1.82) is 0 Å². The molecule has 1 saturated carbocycles. The molecule has 2 heteroatoms. The van der Waals surface area contributed by atoms with Crippen molar-refractivity contribution in [1.82, 2.24) is 0 Å². The highest BCUT2D eigenvalue weighted by Crippen LogP contribution is 2.27. The van der Waals surface area contributed by atoms with Gasteiger partial charge in [0.25, 0.3) is 0 Å². The second-order valence-electron chi connectivity index (χ2n) is 5.35. The van der Waals surface area contributed by atoms with Crippen LogP contribution in [0.5, 0.6) is 0 Å². The minimum atomic E-state index is 0.327. The predicted octanol–water partition coefficient (Wildman–Crippen LogP) is 4.81. The van der Waals surface area contributed by atoms with Crippen molar-refractivity contribution in [3.8, 4) is 0 Å². The maximum atomic E-state index is 11.9. The Balaban J connectivity index is 1.76. The fourth-order valence-corrected chi connectivity index (χ4v) is 2.99. The lowest BCUT2D eigenvalue weighted by molar-refractivity contribution is -0.118. The van der Waals surface area contributed by atoms with E-state index in [1.165, 1.54) is 32.1 Å². The van der Waals surface area contributed by atoms with Crippen molar-refractivity contribution in [2.45, 2.75) is 51.4 Å². The normalized spacial score (nSPS) is 16.7. The van der Waals surface area contributed by atoms with Gasteiger partial charge in [0.15, 0.2) is 0 Å². The van der Waals surface area contributed by atoms with E-state index in [-0.39, 0.29) is 0 Å². The van der Waals surface area contributed by atoms with Crippen LogP contribution in [0.3, 0.4) is 0 Å². The smallest absolute Gasteiger partial charge is 0.137 e. The van der Waals surface area contributed by atoms with Gasteiger partial charge in [-0.2, -0.15) is 0 Å². The Bertz CT molecular complexity index is 394. The number of halogens is 1. The lowest BCUT2D eigenvalue weighted by atomic mass is 9.85. The highest BCUT2D eigenvalue weighted by Gasteiger charge is 2.15. The molecule has 1 aliphatic carbocycles. The van der Waals surface area contributed by atoms with Crippen LogP contribution < -0.4 is 0 Å². The van der Waals surface area contributed by atoms with Gasteiger partial charge in [-0.3, -0.25) is 4.79 Å². The average Bonchev–Trinajstić information content (AvgIpc) is 2.40. The number of benzene rings is 1. The zero-order chi connectivity index (χ0) is 12.8. The van der Waals surface area contributed by atoms with Crippen LogP contribution in [0, 0.1) is 5.92 Å². The van der Waals surface area contributed by atoms with Gasteiger partial charge in [-0.1, -0.05) is 61.9 Å². The molecule has 0 bridgehead atoms. The first-order chi connectivity index (χ1) is 8.75. The minimum absolute atomic E-state index is 0.327. The Morgan fingerprint density at radius 3 is 2.61 bits per heavy atom. The molecule has 1 aromatic carbocycles. The monoisotopic (exact) mass is 264 g/mol. The third-order valence-electron chi connectivity index (χ3n) is 3.90. The SMILES string of the molecule is O=C(CCC1CCCCC1)Cc1ccccc1Cl. The molecule has 0 aromatic heterocycles. The molecule has 0 N–H and O–H groups in total. The summed E-state index contributed by atoms with van der Waals surface area (Å²) >= 11 is 6.06. The van der Waals surface area contributed by atoms with Gasteiger partial charge in [-0.25, -0.2) is 0 Å². The first-order valence-corrected chi connectivity index (χ1v) is 7.38. The second kappa shape index (κ2) is 6.94. The molecule has 1 nitrogen and oxygen atoms in total. The Morgan fingerprint density at radius 1 is 1.17 bits per heavy atom. The number of carbonyl (C=O) groups is 1. The molecule has 1 fully saturated rings. The van der Waals surface area contributed by atoms with E-state index in [0.29, 0.717) is 17.2 Å². The van der Waals surface area contributed by atoms with Crippen LogP contribution in [0.25, 0.3) is 0 Å². The first kappa shape index (κ1) is 13.6. The summed E-state index contributed by atoms with van der Waals surface area (Å²) in [6.45, 7) is 0. The van der Waals surface area contributed by atoms with Crippen molar-refractivity contribution in [3.63, 3.8) is 0 Å². The van der Waals surface area contributed by atoms with E-state index in [1.54, 1.807) is 0 Å². The zero-order valence-electron chi connectivity index (χ0n) is 10.8. The summed E-state index contributed by atoms with van der Waals surface area (Å²) < 4.78 is 0. The molecule has 0 saturated heterocycles. The molecular formula is C16H21ClO. The first-order valence-electron chi connectivity index (χ1n) is 7.01. The molecule has 2 rings (SSSR count). The van der Waals surface area contributed by atoms with Crippen LogP contribution in [0.2, 0.25) is 5.02 Å². The molecule has 0 atom stereocenters. The summed E-state index contributed by atoms with van der Waals surface area (Å²) in [5.74, 6) is 1.11. The maximum absolute atomic E-state index is 11.9. The third kappa shape index (κ3) is 4.13. The van der Waals surface area contributed by atoms with Crippen molar-refractivity contribution >= 4 is 17.4 Å². The van der Waals surface area contributed by atoms with Gasteiger partial charge in [0.05, 0.1) is 0 Å². The van der Waals surface area contributed by atoms with Crippen molar-refractivity contribution < 1.29 is 4.79 Å². The lowest BCUT2D eigenvalue weighted by Crippen LogP contribution is -2.10. The molecule has 0 amide bonds. The van der Waals surface area contributed by atoms with E-state index in [0.717, 1.165) is 24.3 Å². The lowest BCUT2D eigenvalue weighted by Gasteiger charge is -2.20. The van der Waals surface area contributed by atoms with Gasteiger partial charge >= 0.3 is 0 Å². The number of Topliss-reactive ketones (excluding diaryl/α,β-unsaturated/α-hetero) is 1. The van der Waals surface area contributed by atoms with E-state index >= 15 is 0 Å². The zero-order valence-corrected chi connectivity index (χ0v) is 11.6. The molecule has 1 aliphatic rings. The molecular weight excluding hydrogens is 244 g/mol. The van der Waals surface area contributed by atoms with E-state index in [4.69, 9.17) is 11.6 Å². The predicted molar refractivity (Wildman–Crippen MR) is 76.0 cm³/mol. The fourth-order valence-electron chi connectivity index (χ4n) is 2.78. The van der Waals surface area contributed by atoms with Crippen LogP contribution >= 0.6 is 11.6 Å². The third-order valence-corrected chi connectivity index (χ3v) is 4.27. The summed E-state index contributed by atoms with van der Waals surface area (Å²) in [5.41, 5.74) is 0.966. The summed E-state index contributed by atoms with van der Waals surface area (Å²) in [6.07, 6.45) is 9.00. The standard InChI is InChI=1S/C16H21ClO/c17-16-9-5-4-8-14(16)12-15(18)11-10-13-6-2-1-3-7-13/h4-5,8-9,13H,1-3,6-7,10-12H2. The highest BCUT2D eigenvalue weighted by atomic mass is 35.5. The summed E-state index contributed by atoms with van der Waals surface area (Å²) in [4.78, 5) is 11.9. The largest absolute Gasteiger partial charge is 0.299 e. The van der Waals surface area contributed by atoms with Gasteiger partial charge in [-0.05, 0) is 24.0 Å². The highest BCUT2D eigenvalue weighted by molar-refractivity contribution is 6.31. The maximum Gasteiger partial charge on any atom is 0.137 e. The molecule has 0 unspecified atom stereocenters. The van der Waals surface area contributed by atoms with Gasteiger partial charge < -0.3 is 0 Å². The number of rotatable bonds is 5. The second-order valence-corrected chi connectivity index (χ2v) is 5.76. The van der Waals surface area contributed by atoms with Crippen LogP contribution in [0.4, 0.5) is 0 Å². The van der Waals surface area contributed by atoms with Gasteiger partial charge in [-0.15, -0.1) is 0 Å². The Morgan fingerprint density at radius 2 is 1.89 bits per heavy atom. The van der Waals surface area contributed by atoms with Gasteiger partial charge in [0.2, 0.25) is 0 Å². The van der Waals surface area contributed by atoms with E-state index < -0.39 is 0 Å². The summed E-state index contributed by atoms with van der Waals surface area (Å²) in [7, 11) is 0.